The van der Waals surface area contributed by atoms with Crippen molar-refractivity contribution in [3.8, 4) is 0 Å². The molecule has 16 heavy (non-hydrogen) atoms. The zero-order valence-corrected chi connectivity index (χ0v) is 10.8. The van der Waals surface area contributed by atoms with Crippen molar-refractivity contribution in [2.24, 2.45) is 0 Å². The molecule has 0 aromatic carbocycles. The van der Waals surface area contributed by atoms with E-state index in [1.54, 1.807) is 12.4 Å². The lowest BCUT2D eigenvalue weighted by Gasteiger charge is -2.14. The molecule has 1 aromatic rings. The quantitative estimate of drug-likeness (QED) is 0.779. The molecule has 0 bridgehead atoms. The lowest BCUT2D eigenvalue weighted by Crippen LogP contribution is -2.18. The SMILES string of the molecule is CCOC(=O)c1ncsc1NC(CC)CC. The minimum atomic E-state index is -0.350. The Labute approximate surface area is 100 Å². The van der Waals surface area contributed by atoms with Gasteiger partial charge in [0.2, 0.25) is 0 Å². The van der Waals surface area contributed by atoms with Crippen LogP contribution in [0.25, 0.3) is 0 Å². The molecule has 0 aliphatic rings. The highest BCUT2D eigenvalue weighted by atomic mass is 32.1. The summed E-state index contributed by atoms with van der Waals surface area (Å²) in [6, 6.07) is 0.383. The standard InChI is InChI=1S/C11H18N2O2S/c1-4-8(5-2)13-10-9(12-7-16-10)11(14)15-6-3/h7-8,13H,4-6H2,1-3H3. The van der Waals surface area contributed by atoms with Crippen molar-refractivity contribution >= 4 is 22.3 Å². The number of anilines is 1. The third-order valence-corrected chi connectivity index (χ3v) is 3.11. The van der Waals surface area contributed by atoms with Gasteiger partial charge in [-0.05, 0) is 19.8 Å². The third-order valence-electron chi connectivity index (χ3n) is 2.36. The van der Waals surface area contributed by atoms with Crippen LogP contribution in [0.5, 0.6) is 0 Å². The number of thiazole rings is 1. The van der Waals surface area contributed by atoms with E-state index >= 15 is 0 Å². The second-order valence-corrected chi connectivity index (χ2v) is 4.26. The smallest absolute Gasteiger partial charge is 0.360 e. The first-order valence-corrected chi connectivity index (χ1v) is 6.47. The predicted octanol–water partition coefficient (Wildman–Crippen LogP) is 2.92. The van der Waals surface area contributed by atoms with Crippen molar-refractivity contribution in [1.82, 2.24) is 4.98 Å². The van der Waals surface area contributed by atoms with E-state index in [1.165, 1.54) is 11.3 Å². The number of hydrogen-bond acceptors (Lipinski definition) is 5. The minimum absolute atomic E-state index is 0.350. The molecular weight excluding hydrogens is 224 g/mol. The molecule has 5 heteroatoms. The fourth-order valence-corrected chi connectivity index (χ4v) is 2.12. The van der Waals surface area contributed by atoms with Crippen molar-refractivity contribution < 1.29 is 9.53 Å². The Balaban J connectivity index is 2.73. The van der Waals surface area contributed by atoms with Crippen molar-refractivity contribution in [2.45, 2.75) is 39.7 Å². The van der Waals surface area contributed by atoms with Crippen LogP contribution in [0.1, 0.15) is 44.1 Å². The molecule has 90 valence electrons. The van der Waals surface area contributed by atoms with Gasteiger partial charge in [-0.3, -0.25) is 0 Å². The fraction of sp³-hybridized carbons (Fsp3) is 0.636. The van der Waals surface area contributed by atoms with Crippen LogP contribution in [0, 0.1) is 0 Å². The van der Waals surface area contributed by atoms with Crippen LogP contribution in [0.4, 0.5) is 5.00 Å². The summed E-state index contributed by atoms with van der Waals surface area (Å²) in [6.07, 6.45) is 2.05. The summed E-state index contributed by atoms with van der Waals surface area (Å²) in [5.74, 6) is -0.350. The number of carbonyl (C=O) groups excluding carboxylic acids is 1. The predicted molar refractivity (Wildman–Crippen MR) is 66.1 cm³/mol. The van der Waals surface area contributed by atoms with Gasteiger partial charge in [0.1, 0.15) is 5.00 Å². The van der Waals surface area contributed by atoms with Gasteiger partial charge in [0.15, 0.2) is 5.69 Å². The second-order valence-electron chi connectivity index (χ2n) is 3.41. The second kappa shape index (κ2) is 6.48. The summed E-state index contributed by atoms with van der Waals surface area (Å²) in [6.45, 7) is 6.40. The Morgan fingerprint density at radius 1 is 1.50 bits per heavy atom. The van der Waals surface area contributed by atoms with Gasteiger partial charge in [-0.1, -0.05) is 13.8 Å². The maximum Gasteiger partial charge on any atom is 0.360 e. The molecule has 0 radical (unpaired) electrons. The van der Waals surface area contributed by atoms with Gasteiger partial charge in [-0.25, -0.2) is 9.78 Å². The third kappa shape index (κ3) is 3.20. The van der Waals surface area contributed by atoms with E-state index in [0.717, 1.165) is 17.8 Å². The fourth-order valence-electron chi connectivity index (χ4n) is 1.37. The van der Waals surface area contributed by atoms with Gasteiger partial charge in [-0.2, -0.15) is 0 Å². The molecule has 0 aliphatic carbocycles. The highest BCUT2D eigenvalue weighted by Gasteiger charge is 2.17. The topological polar surface area (TPSA) is 51.2 Å². The van der Waals surface area contributed by atoms with Crippen molar-refractivity contribution in [1.29, 1.82) is 0 Å². The summed E-state index contributed by atoms with van der Waals surface area (Å²) in [7, 11) is 0. The molecule has 1 rings (SSSR count). The van der Waals surface area contributed by atoms with E-state index in [9.17, 15) is 4.79 Å². The summed E-state index contributed by atoms with van der Waals surface area (Å²) >= 11 is 1.44. The van der Waals surface area contributed by atoms with Crippen LogP contribution in [0.3, 0.4) is 0 Å². The van der Waals surface area contributed by atoms with Crippen molar-refractivity contribution in [3.05, 3.63) is 11.2 Å². The summed E-state index contributed by atoms with van der Waals surface area (Å²) in [5.41, 5.74) is 2.07. The van der Waals surface area contributed by atoms with E-state index < -0.39 is 0 Å². The first-order chi connectivity index (χ1) is 7.72. The van der Waals surface area contributed by atoms with Crippen molar-refractivity contribution in [3.63, 3.8) is 0 Å². The molecule has 0 spiro atoms. The first kappa shape index (κ1) is 13.0. The summed E-state index contributed by atoms with van der Waals surface area (Å²) in [5, 5.41) is 4.13. The molecule has 4 nitrogen and oxygen atoms in total. The molecule has 1 aromatic heterocycles. The molecule has 0 amide bonds. The molecule has 0 fully saturated rings. The number of esters is 1. The zero-order chi connectivity index (χ0) is 12.0. The van der Waals surface area contributed by atoms with E-state index in [0.29, 0.717) is 18.3 Å². The van der Waals surface area contributed by atoms with Gasteiger partial charge >= 0.3 is 5.97 Å². The number of carbonyl (C=O) groups is 1. The van der Waals surface area contributed by atoms with Gasteiger partial charge in [0, 0.05) is 6.04 Å². The van der Waals surface area contributed by atoms with E-state index in [1.807, 2.05) is 0 Å². The number of aromatic nitrogens is 1. The minimum Gasteiger partial charge on any atom is -0.461 e. The number of nitrogens with one attached hydrogen (secondary N) is 1. The monoisotopic (exact) mass is 242 g/mol. The molecular formula is C11H18N2O2S. The molecule has 0 atom stereocenters. The van der Waals surface area contributed by atoms with Gasteiger partial charge < -0.3 is 10.1 Å². The molecule has 1 heterocycles. The number of rotatable bonds is 6. The van der Waals surface area contributed by atoms with Gasteiger partial charge in [0.25, 0.3) is 0 Å². The molecule has 0 unspecified atom stereocenters. The van der Waals surface area contributed by atoms with Crippen molar-refractivity contribution in [2.75, 3.05) is 11.9 Å². The lowest BCUT2D eigenvalue weighted by atomic mass is 10.2. The van der Waals surface area contributed by atoms with Crippen LogP contribution in [-0.2, 0) is 4.74 Å². The van der Waals surface area contributed by atoms with E-state index in [4.69, 9.17) is 4.74 Å². The molecule has 0 saturated carbocycles. The maximum absolute atomic E-state index is 11.6. The Bertz CT molecular complexity index is 334. The van der Waals surface area contributed by atoms with Crippen LogP contribution in [0.2, 0.25) is 0 Å². The van der Waals surface area contributed by atoms with Crippen LogP contribution < -0.4 is 5.32 Å². The molecule has 1 N–H and O–H groups in total. The van der Waals surface area contributed by atoms with Crippen LogP contribution in [0.15, 0.2) is 5.51 Å². The average molecular weight is 242 g/mol. The molecule has 0 aliphatic heterocycles. The largest absolute Gasteiger partial charge is 0.461 e. The zero-order valence-electron chi connectivity index (χ0n) is 9.95. The Morgan fingerprint density at radius 2 is 2.19 bits per heavy atom. The van der Waals surface area contributed by atoms with Gasteiger partial charge in [-0.15, -0.1) is 11.3 Å². The number of ether oxygens (including phenoxy) is 1. The first-order valence-electron chi connectivity index (χ1n) is 5.60. The summed E-state index contributed by atoms with van der Waals surface area (Å²) < 4.78 is 4.94. The highest BCUT2D eigenvalue weighted by Crippen LogP contribution is 2.23. The number of hydrogen-bond donors (Lipinski definition) is 1. The Morgan fingerprint density at radius 3 is 2.75 bits per heavy atom. The Hall–Kier alpha value is -1.10. The molecule has 0 saturated heterocycles. The lowest BCUT2D eigenvalue weighted by molar-refractivity contribution is 0.0521. The normalized spacial score (nSPS) is 10.5. The van der Waals surface area contributed by atoms with E-state index in [2.05, 4.69) is 24.1 Å². The summed E-state index contributed by atoms with van der Waals surface area (Å²) in [4.78, 5) is 15.6. The average Bonchev–Trinajstić information content (AvgIpc) is 2.74. The van der Waals surface area contributed by atoms with Crippen LogP contribution >= 0.6 is 11.3 Å². The Kier molecular flexibility index (Phi) is 5.25. The van der Waals surface area contributed by atoms with Crippen LogP contribution in [-0.4, -0.2) is 23.6 Å². The maximum atomic E-state index is 11.6. The van der Waals surface area contributed by atoms with E-state index in [-0.39, 0.29) is 5.97 Å². The number of nitrogens with zero attached hydrogens (tertiary/aromatic N) is 1. The van der Waals surface area contributed by atoms with Gasteiger partial charge in [0.05, 0.1) is 12.1 Å². The highest BCUT2D eigenvalue weighted by molar-refractivity contribution is 7.14.